The van der Waals surface area contributed by atoms with Gasteiger partial charge in [-0.15, -0.1) is 0 Å². The summed E-state index contributed by atoms with van der Waals surface area (Å²) in [5, 5.41) is 3.74. The molecule has 6 nitrogen and oxygen atoms in total. The Bertz CT molecular complexity index is 1270. The van der Waals surface area contributed by atoms with Gasteiger partial charge in [-0.05, 0) is 77.3 Å². The Morgan fingerprint density at radius 3 is 2.39 bits per heavy atom. The number of carbonyl (C=O) groups excluding carboxylic acids is 1. The molecule has 1 amide bonds. The van der Waals surface area contributed by atoms with Crippen molar-refractivity contribution in [3.05, 3.63) is 39.5 Å². The summed E-state index contributed by atoms with van der Waals surface area (Å²) in [6, 6.07) is 5.63. The van der Waals surface area contributed by atoms with Gasteiger partial charge < -0.3 is 14.6 Å². The van der Waals surface area contributed by atoms with Crippen molar-refractivity contribution < 1.29 is 13.7 Å². The molecule has 210 valence electrons. The van der Waals surface area contributed by atoms with Crippen molar-refractivity contribution in [2.24, 2.45) is 5.92 Å². The Labute approximate surface area is 237 Å². The Hall–Kier alpha value is -1.51. The molecule has 9 heteroatoms. The van der Waals surface area contributed by atoms with E-state index in [1.807, 2.05) is 39.8 Å². The molecular weight excluding hydrogens is 541 g/mol. The van der Waals surface area contributed by atoms with Crippen LogP contribution >= 0.6 is 23.2 Å². The molecule has 38 heavy (non-hydrogen) atoms. The van der Waals surface area contributed by atoms with E-state index in [2.05, 4.69) is 20.5 Å². The number of nitrogens with zero attached hydrogens (tertiary/aromatic N) is 1. The molecule has 1 aliphatic carbocycles. The molecule has 1 unspecified atom stereocenters. The van der Waals surface area contributed by atoms with Gasteiger partial charge in [-0.1, -0.05) is 48.5 Å². The van der Waals surface area contributed by atoms with Crippen LogP contribution in [-0.4, -0.2) is 45.3 Å². The molecule has 2 N–H and O–H groups in total. The highest BCUT2D eigenvalue weighted by atomic mass is 35.5. The van der Waals surface area contributed by atoms with Gasteiger partial charge in [0, 0.05) is 42.6 Å². The van der Waals surface area contributed by atoms with E-state index in [1.54, 1.807) is 6.07 Å². The van der Waals surface area contributed by atoms with E-state index in [9.17, 15) is 9.00 Å². The van der Waals surface area contributed by atoms with Crippen LogP contribution in [0.4, 0.5) is 0 Å². The minimum atomic E-state index is -2.88. The van der Waals surface area contributed by atoms with Gasteiger partial charge in [-0.3, -0.25) is 4.79 Å². The maximum Gasteiger partial charge on any atom is 0.253 e. The largest absolute Gasteiger partial charge is 0.381 e. The first-order chi connectivity index (χ1) is 17.9. The van der Waals surface area contributed by atoms with Crippen LogP contribution < -0.4 is 10.0 Å². The lowest BCUT2D eigenvalue weighted by Crippen LogP contribution is -2.40. The molecule has 1 aliphatic heterocycles. The fraction of sp³-hybridized carbons (Fsp3) is 0.586. The molecule has 0 bridgehead atoms. The van der Waals surface area contributed by atoms with Crippen molar-refractivity contribution in [1.29, 1.82) is 0 Å². The van der Waals surface area contributed by atoms with E-state index in [1.165, 1.54) is 32.1 Å². The summed E-state index contributed by atoms with van der Waals surface area (Å²) in [5.41, 5.74) is 2.71. The number of amides is 1. The average molecular weight is 583 g/mol. The standard InChI is InChI=1S/C29H41Cl2N3O3S/c1-19-23(28(35)32-21-13-15-37-16-14-21)17-24(34(19)18-20-9-7-6-8-10-20)22-11-12-25(27(31)26(22)30)38(5,36)33-29(2,3)4/h11-12,17,20-21H,5-10,13-16,18H2,1-4H3,(H,32,35)(H,33,36). The molecule has 2 fully saturated rings. The minimum absolute atomic E-state index is 0.0768. The quantitative estimate of drug-likeness (QED) is 0.360. The topological polar surface area (TPSA) is 72.4 Å². The fourth-order valence-corrected chi connectivity index (χ4v) is 8.24. The van der Waals surface area contributed by atoms with Crippen LogP contribution in [0.2, 0.25) is 10.0 Å². The third-order valence-electron chi connectivity index (χ3n) is 7.48. The van der Waals surface area contributed by atoms with Crippen LogP contribution in [0.15, 0.2) is 23.1 Å². The molecular formula is C29H41Cl2N3O3S. The van der Waals surface area contributed by atoms with Crippen LogP contribution in [0.25, 0.3) is 11.3 Å². The number of hydrogen-bond donors (Lipinski definition) is 2. The van der Waals surface area contributed by atoms with Gasteiger partial charge in [0.1, 0.15) is 0 Å². The number of aromatic nitrogens is 1. The van der Waals surface area contributed by atoms with E-state index in [4.69, 9.17) is 27.9 Å². The Kier molecular flexibility index (Phi) is 9.25. The monoisotopic (exact) mass is 581 g/mol. The molecule has 1 aromatic heterocycles. The highest BCUT2D eigenvalue weighted by Gasteiger charge is 2.27. The second-order valence-electron chi connectivity index (χ2n) is 11.8. The molecule has 0 spiro atoms. The summed E-state index contributed by atoms with van der Waals surface area (Å²) in [4.78, 5) is 13.8. The predicted molar refractivity (Wildman–Crippen MR) is 159 cm³/mol. The highest BCUT2D eigenvalue weighted by molar-refractivity contribution is 7.98. The van der Waals surface area contributed by atoms with Gasteiger partial charge >= 0.3 is 0 Å². The number of hydrogen-bond acceptors (Lipinski definition) is 3. The van der Waals surface area contributed by atoms with Crippen molar-refractivity contribution in [2.75, 3.05) is 13.2 Å². The van der Waals surface area contributed by atoms with E-state index < -0.39 is 15.2 Å². The van der Waals surface area contributed by atoms with Crippen molar-refractivity contribution in [3.63, 3.8) is 0 Å². The molecule has 2 heterocycles. The smallest absolute Gasteiger partial charge is 0.253 e. The molecule has 4 rings (SSSR count). The number of halogens is 2. The number of benzene rings is 1. The van der Waals surface area contributed by atoms with Crippen LogP contribution in [0.3, 0.4) is 0 Å². The maximum atomic E-state index is 13.5. The zero-order valence-corrected chi connectivity index (χ0v) is 25.3. The van der Waals surface area contributed by atoms with Crippen LogP contribution in [0.1, 0.15) is 81.8 Å². The minimum Gasteiger partial charge on any atom is -0.381 e. The zero-order valence-electron chi connectivity index (χ0n) is 23.0. The summed E-state index contributed by atoms with van der Waals surface area (Å²) >= 11 is 13.6. The first-order valence-electron chi connectivity index (χ1n) is 13.6. The number of carbonyl (C=O) groups is 1. The highest BCUT2D eigenvalue weighted by Crippen LogP contribution is 2.40. The molecule has 1 saturated carbocycles. The normalized spacial score (nSPS) is 19.3. The van der Waals surface area contributed by atoms with Crippen LogP contribution in [0.5, 0.6) is 0 Å². The number of nitrogens with one attached hydrogen (secondary N) is 2. The van der Waals surface area contributed by atoms with Crippen molar-refractivity contribution in [3.8, 4) is 11.3 Å². The summed E-state index contributed by atoms with van der Waals surface area (Å²) in [5.74, 6) is 4.40. The Balaban J connectivity index is 1.74. The molecule has 2 aromatic rings. The third-order valence-corrected chi connectivity index (χ3v) is 10.5. The Morgan fingerprint density at radius 1 is 1.11 bits per heavy atom. The van der Waals surface area contributed by atoms with Crippen molar-refractivity contribution >= 4 is 44.7 Å². The molecule has 0 radical (unpaired) electrons. The maximum absolute atomic E-state index is 13.5. The van der Waals surface area contributed by atoms with Crippen molar-refractivity contribution in [2.45, 2.75) is 95.7 Å². The van der Waals surface area contributed by atoms with Gasteiger partial charge in [0.15, 0.2) is 0 Å². The predicted octanol–water partition coefficient (Wildman–Crippen LogP) is 6.64. The third kappa shape index (κ3) is 6.79. The number of rotatable bonds is 7. The zero-order chi connectivity index (χ0) is 27.7. The van der Waals surface area contributed by atoms with E-state index in [0.29, 0.717) is 34.6 Å². The molecule has 2 aliphatic rings. The summed E-state index contributed by atoms with van der Waals surface area (Å²) in [6.45, 7) is 9.93. The molecule has 1 aromatic carbocycles. The lowest BCUT2D eigenvalue weighted by Gasteiger charge is -2.26. The molecule has 1 atom stereocenters. The van der Waals surface area contributed by atoms with Gasteiger partial charge in [0.25, 0.3) is 5.91 Å². The lowest BCUT2D eigenvalue weighted by molar-refractivity contribution is 0.0696. The van der Waals surface area contributed by atoms with Gasteiger partial charge in [0.2, 0.25) is 0 Å². The first-order valence-corrected chi connectivity index (χ1v) is 16.1. The van der Waals surface area contributed by atoms with E-state index >= 15 is 0 Å². The average Bonchev–Trinajstić information content (AvgIpc) is 3.16. The van der Waals surface area contributed by atoms with E-state index in [0.717, 1.165) is 36.3 Å². The first kappa shape index (κ1) is 29.5. The SMILES string of the molecule is C=S(=O)(NC(C)(C)C)c1ccc(-c2cc(C(=O)NC3CCOCC3)c(C)n2CC2CCCCC2)c(Cl)c1Cl. The van der Waals surface area contributed by atoms with E-state index in [-0.39, 0.29) is 17.0 Å². The Morgan fingerprint density at radius 2 is 1.76 bits per heavy atom. The lowest BCUT2D eigenvalue weighted by atomic mass is 9.89. The fourth-order valence-electron chi connectivity index (χ4n) is 5.60. The van der Waals surface area contributed by atoms with Gasteiger partial charge in [0.05, 0.1) is 35.9 Å². The van der Waals surface area contributed by atoms with Crippen molar-refractivity contribution in [1.82, 2.24) is 14.6 Å². The number of ether oxygens (including phenoxy) is 1. The van der Waals surface area contributed by atoms with Gasteiger partial charge in [-0.2, -0.15) is 0 Å². The summed E-state index contributed by atoms with van der Waals surface area (Å²) < 4.78 is 24.2. The van der Waals surface area contributed by atoms with Crippen LogP contribution in [0, 0.1) is 12.8 Å². The summed E-state index contributed by atoms with van der Waals surface area (Å²) in [7, 11) is -2.88. The van der Waals surface area contributed by atoms with Gasteiger partial charge in [-0.25, -0.2) is 8.93 Å². The molecule has 1 saturated heterocycles. The second kappa shape index (κ2) is 11.9. The second-order valence-corrected chi connectivity index (χ2v) is 14.5. The summed E-state index contributed by atoms with van der Waals surface area (Å²) in [6.07, 6.45) is 7.73. The van der Waals surface area contributed by atoms with Crippen LogP contribution in [-0.2, 0) is 21.0 Å².